The average Bonchev–Trinajstić information content (AvgIpc) is 3.28. The Balaban J connectivity index is 1.32. The topological polar surface area (TPSA) is 126 Å². The number of carbonyl (C=O) groups excluding carboxylic acids is 1. The molecule has 1 spiro atoms. The summed E-state index contributed by atoms with van der Waals surface area (Å²) in [4.78, 5) is 14.0. The lowest BCUT2D eigenvalue weighted by molar-refractivity contribution is -0.301. The monoisotopic (exact) mass is 598 g/mol. The number of allylic oxidation sites excluding steroid dienone is 7. The maximum atomic E-state index is 14.0. The molecule has 43 heavy (non-hydrogen) atoms. The molecule has 4 aliphatic carbocycles. The summed E-state index contributed by atoms with van der Waals surface area (Å²) in [5, 5.41) is 43.1. The summed E-state index contributed by atoms with van der Waals surface area (Å²) in [6, 6.07) is 0. The Morgan fingerprint density at radius 1 is 1.00 bits per heavy atom. The van der Waals surface area contributed by atoms with Crippen LogP contribution in [0.4, 0.5) is 0 Å². The van der Waals surface area contributed by atoms with E-state index in [1.165, 1.54) is 11.1 Å². The van der Waals surface area contributed by atoms with E-state index in [2.05, 4.69) is 39.8 Å². The quantitative estimate of drug-likeness (QED) is 0.279. The van der Waals surface area contributed by atoms with Crippen LogP contribution >= 0.6 is 0 Å². The van der Waals surface area contributed by atoms with E-state index in [9.17, 15) is 25.2 Å². The van der Waals surface area contributed by atoms with Gasteiger partial charge in [0.05, 0.1) is 12.7 Å². The smallest absolute Gasteiger partial charge is 0.317 e. The first-order valence-electron chi connectivity index (χ1n) is 16.0. The zero-order valence-corrected chi connectivity index (χ0v) is 26.7. The number of cyclic esters (lactones) is 1. The van der Waals surface area contributed by atoms with Crippen LogP contribution in [0.2, 0.25) is 0 Å². The van der Waals surface area contributed by atoms with E-state index in [-0.39, 0.29) is 35.4 Å². The van der Waals surface area contributed by atoms with Gasteiger partial charge in [0.15, 0.2) is 11.9 Å². The van der Waals surface area contributed by atoms with Gasteiger partial charge in [0.25, 0.3) is 0 Å². The minimum Gasteiger partial charge on any atom is -0.451 e. The lowest BCUT2D eigenvalue weighted by Gasteiger charge is -2.61. The maximum Gasteiger partial charge on any atom is 0.317 e. The van der Waals surface area contributed by atoms with E-state index in [0.717, 1.165) is 24.8 Å². The second kappa shape index (κ2) is 9.84. The fraction of sp³-hybridized carbons (Fsp3) is 0.743. The van der Waals surface area contributed by atoms with Crippen LogP contribution in [0.3, 0.4) is 0 Å². The van der Waals surface area contributed by atoms with Gasteiger partial charge in [0.2, 0.25) is 0 Å². The highest BCUT2D eigenvalue weighted by Crippen LogP contribution is 2.76. The number of esters is 1. The zero-order valence-electron chi connectivity index (χ0n) is 26.7. The van der Waals surface area contributed by atoms with Gasteiger partial charge in [0, 0.05) is 5.41 Å². The minimum absolute atomic E-state index is 0.0882. The molecule has 0 bridgehead atoms. The van der Waals surface area contributed by atoms with Crippen LogP contribution < -0.4 is 0 Å². The molecule has 8 heteroatoms. The summed E-state index contributed by atoms with van der Waals surface area (Å²) in [6.07, 6.45) is 9.27. The molecule has 2 heterocycles. The van der Waals surface area contributed by atoms with E-state index in [1.54, 1.807) is 0 Å². The molecule has 0 amide bonds. The van der Waals surface area contributed by atoms with Gasteiger partial charge < -0.3 is 34.6 Å². The molecule has 11 atom stereocenters. The first-order chi connectivity index (χ1) is 20.0. The SMILES string of the molecule is CC(C)=C/C=C/[C@]1(C)OC(=O)[C@]23CC=C4C(=CC[C@H]5C(C)(C)[C@@H](O[C@@H]6OC[C@@H](O)[C@H](O)[C@H]6O)CC[C@]45C)[C@]2(C)CC[C@@]31O. The van der Waals surface area contributed by atoms with Gasteiger partial charge in [-0.25, -0.2) is 0 Å². The van der Waals surface area contributed by atoms with Crippen LogP contribution in [0.15, 0.2) is 47.1 Å². The highest BCUT2D eigenvalue weighted by Gasteiger charge is 2.82. The van der Waals surface area contributed by atoms with Crippen LogP contribution in [-0.4, -0.2) is 74.9 Å². The third-order valence-corrected chi connectivity index (χ3v) is 12.8. The van der Waals surface area contributed by atoms with Crippen molar-refractivity contribution in [2.45, 2.75) is 129 Å². The van der Waals surface area contributed by atoms with Gasteiger partial charge in [-0.1, -0.05) is 57.6 Å². The van der Waals surface area contributed by atoms with Crippen molar-refractivity contribution in [3.05, 3.63) is 47.1 Å². The van der Waals surface area contributed by atoms with Gasteiger partial charge in [-0.2, -0.15) is 0 Å². The summed E-state index contributed by atoms with van der Waals surface area (Å²) in [5.74, 6) is -0.0886. The number of aliphatic hydroxyl groups excluding tert-OH is 3. The molecule has 2 aliphatic heterocycles. The molecular formula is C35H50O8. The number of ether oxygens (including phenoxy) is 3. The van der Waals surface area contributed by atoms with Crippen molar-refractivity contribution in [1.29, 1.82) is 0 Å². The third-order valence-electron chi connectivity index (χ3n) is 12.8. The molecule has 4 N–H and O–H groups in total. The molecular weight excluding hydrogens is 548 g/mol. The molecule has 0 radical (unpaired) electrons. The number of carbonyl (C=O) groups is 1. The van der Waals surface area contributed by atoms with Crippen molar-refractivity contribution < 1.29 is 39.4 Å². The molecule has 4 fully saturated rings. The number of rotatable bonds is 4. The molecule has 0 aromatic rings. The van der Waals surface area contributed by atoms with Crippen LogP contribution in [0.25, 0.3) is 0 Å². The number of hydrogen-bond donors (Lipinski definition) is 4. The molecule has 0 unspecified atom stereocenters. The third kappa shape index (κ3) is 3.93. The van der Waals surface area contributed by atoms with Gasteiger partial charge in [-0.3, -0.25) is 4.79 Å². The van der Waals surface area contributed by atoms with Crippen LogP contribution in [0.1, 0.15) is 87.0 Å². The maximum absolute atomic E-state index is 14.0. The highest BCUT2D eigenvalue weighted by molar-refractivity contribution is 5.87. The van der Waals surface area contributed by atoms with Crippen molar-refractivity contribution in [2.75, 3.05) is 6.61 Å². The normalized spacial score (nSPS) is 50.2. The predicted molar refractivity (Wildman–Crippen MR) is 160 cm³/mol. The summed E-state index contributed by atoms with van der Waals surface area (Å²) in [5.41, 5.74) is -0.947. The van der Waals surface area contributed by atoms with Gasteiger partial charge in [-0.15, -0.1) is 0 Å². The largest absolute Gasteiger partial charge is 0.451 e. The van der Waals surface area contributed by atoms with E-state index in [4.69, 9.17) is 14.2 Å². The summed E-state index contributed by atoms with van der Waals surface area (Å²) < 4.78 is 18.1. The Kier molecular flexibility index (Phi) is 7.14. The summed E-state index contributed by atoms with van der Waals surface area (Å²) in [7, 11) is 0. The Hall–Kier alpha value is -1.81. The van der Waals surface area contributed by atoms with Gasteiger partial charge in [0.1, 0.15) is 29.3 Å². The van der Waals surface area contributed by atoms with E-state index < -0.39 is 46.6 Å². The second-order valence-electron chi connectivity index (χ2n) is 15.6. The first kappa shape index (κ1) is 31.2. The molecule has 2 saturated carbocycles. The minimum atomic E-state index is -1.33. The van der Waals surface area contributed by atoms with Crippen LogP contribution in [0.5, 0.6) is 0 Å². The number of aliphatic hydroxyl groups is 4. The number of fused-ring (bicyclic) bond motifs is 4. The lowest BCUT2D eigenvalue weighted by atomic mass is 9.43. The number of hydrogen-bond acceptors (Lipinski definition) is 8. The fourth-order valence-electron chi connectivity index (χ4n) is 10.2. The Labute approximate surface area is 255 Å². The molecule has 8 nitrogen and oxygen atoms in total. The summed E-state index contributed by atoms with van der Waals surface area (Å²) in [6.45, 7) is 14.7. The summed E-state index contributed by atoms with van der Waals surface area (Å²) >= 11 is 0. The molecule has 0 aromatic heterocycles. The van der Waals surface area contributed by atoms with Crippen molar-refractivity contribution in [1.82, 2.24) is 0 Å². The van der Waals surface area contributed by atoms with E-state index in [0.29, 0.717) is 19.3 Å². The standard InChI is InChI=1S/C35H50O8/c1-20(2)9-8-14-33(7)35(40)18-17-32(6)22-10-11-24-30(3,4)25(42-28-27(38)26(37)23(36)19-41-28)13-15-31(24,5)21(22)12-16-34(32,35)29(39)43-33/h8-10,12,14,23-28,36-38,40H,11,13,15-19H2,1-7H3/b14-8+/t23-,24+,25+,26+,27-,28+,31-,32+,33+,34-,35+/m1/s1. The second-order valence-corrected chi connectivity index (χ2v) is 15.6. The fourth-order valence-corrected chi connectivity index (χ4v) is 10.2. The van der Waals surface area contributed by atoms with E-state index in [1.807, 2.05) is 39.0 Å². The Morgan fingerprint density at radius 2 is 1.72 bits per heavy atom. The Morgan fingerprint density at radius 3 is 2.42 bits per heavy atom. The molecule has 6 aliphatic rings. The Bertz CT molecular complexity index is 1310. The van der Waals surface area contributed by atoms with Crippen molar-refractivity contribution in [3.8, 4) is 0 Å². The molecule has 0 aromatic carbocycles. The zero-order chi connectivity index (χ0) is 31.4. The lowest BCUT2D eigenvalue weighted by Crippen LogP contribution is -2.61. The predicted octanol–water partition coefficient (Wildman–Crippen LogP) is 4.27. The average molecular weight is 599 g/mol. The molecule has 238 valence electrons. The molecule has 2 saturated heterocycles. The van der Waals surface area contributed by atoms with Gasteiger partial charge in [-0.05, 0) is 93.3 Å². The van der Waals surface area contributed by atoms with Crippen LogP contribution in [0, 0.1) is 27.6 Å². The molecule has 6 rings (SSSR count). The van der Waals surface area contributed by atoms with Crippen molar-refractivity contribution in [3.63, 3.8) is 0 Å². The first-order valence-corrected chi connectivity index (χ1v) is 16.0. The highest BCUT2D eigenvalue weighted by atomic mass is 16.7. The van der Waals surface area contributed by atoms with Gasteiger partial charge >= 0.3 is 5.97 Å². The van der Waals surface area contributed by atoms with E-state index >= 15 is 0 Å². The van der Waals surface area contributed by atoms with Crippen molar-refractivity contribution >= 4 is 5.97 Å². The van der Waals surface area contributed by atoms with Crippen LogP contribution in [-0.2, 0) is 19.0 Å². The van der Waals surface area contributed by atoms with Crippen molar-refractivity contribution in [2.24, 2.45) is 27.6 Å².